The minimum Gasteiger partial charge on any atom is -0.479 e. The Morgan fingerprint density at radius 3 is 2.38 bits per heavy atom. The lowest BCUT2D eigenvalue weighted by molar-refractivity contribution is -0.154. The van der Waals surface area contributed by atoms with E-state index in [2.05, 4.69) is 13.8 Å². The lowest BCUT2D eigenvalue weighted by atomic mass is 9.76. The van der Waals surface area contributed by atoms with Crippen LogP contribution >= 0.6 is 0 Å². The first-order valence-corrected chi connectivity index (χ1v) is 8.18. The number of carbonyl (C=O) groups excluding carboxylic acids is 1. The van der Waals surface area contributed by atoms with Crippen molar-refractivity contribution in [3.05, 3.63) is 0 Å². The van der Waals surface area contributed by atoms with Crippen molar-refractivity contribution in [2.75, 3.05) is 13.1 Å². The molecule has 0 aromatic rings. The van der Waals surface area contributed by atoms with Gasteiger partial charge in [-0.25, -0.2) is 4.79 Å². The van der Waals surface area contributed by atoms with Crippen molar-refractivity contribution >= 4 is 11.9 Å². The van der Waals surface area contributed by atoms with E-state index in [-0.39, 0.29) is 5.91 Å². The smallest absolute Gasteiger partial charge is 0.332 e. The molecule has 0 bridgehead atoms. The van der Waals surface area contributed by atoms with Crippen molar-refractivity contribution in [3.63, 3.8) is 0 Å². The molecule has 2 fully saturated rings. The largest absolute Gasteiger partial charge is 0.479 e. The molecule has 0 saturated carbocycles. The number of carbonyl (C=O) groups is 2. The first-order chi connectivity index (χ1) is 10.0. The molecule has 1 amide bonds. The molecule has 2 rings (SSSR count). The maximum atomic E-state index is 12.5. The summed E-state index contributed by atoms with van der Waals surface area (Å²) in [6.45, 7) is 6.02. The minimum absolute atomic E-state index is 0.0123. The van der Waals surface area contributed by atoms with E-state index in [0.29, 0.717) is 18.3 Å². The summed E-state index contributed by atoms with van der Waals surface area (Å²) in [5.41, 5.74) is 0.370. The Morgan fingerprint density at radius 2 is 1.81 bits per heavy atom. The zero-order valence-electron chi connectivity index (χ0n) is 13.1. The van der Waals surface area contributed by atoms with Gasteiger partial charge in [0, 0.05) is 13.1 Å². The molecule has 0 radical (unpaired) electrons. The molecule has 0 unspecified atom stereocenters. The van der Waals surface area contributed by atoms with Crippen molar-refractivity contribution in [3.8, 4) is 0 Å². The van der Waals surface area contributed by atoms with Crippen LogP contribution in [0.15, 0.2) is 0 Å². The SMILES string of the molecule is CCC1(CC)CCCN(C(=O)[C@@H]2CC[C@H](C(=O)O)O2)CC1. The van der Waals surface area contributed by atoms with Gasteiger partial charge in [-0.3, -0.25) is 4.79 Å². The monoisotopic (exact) mass is 297 g/mol. The third kappa shape index (κ3) is 3.57. The highest BCUT2D eigenvalue weighted by molar-refractivity contribution is 5.82. The number of nitrogens with zero attached hydrogens (tertiary/aromatic N) is 1. The van der Waals surface area contributed by atoms with E-state index in [4.69, 9.17) is 9.84 Å². The maximum Gasteiger partial charge on any atom is 0.332 e. The van der Waals surface area contributed by atoms with E-state index in [0.717, 1.165) is 38.8 Å². The van der Waals surface area contributed by atoms with Crippen molar-refractivity contribution in [1.29, 1.82) is 0 Å². The van der Waals surface area contributed by atoms with Crippen LogP contribution in [0.3, 0.4) is 0 Å². The van der Waals surface area contributed by atoms with Crippen LogP contribution in [0.5, 0.6) is 0 Å². The van der Waals surface area contributed by atoms with E-state index in [1.165, 1.54) is 6.42 Å². The summed E-state index contributed by atoms with van der Waals surface area (Å²) in [5, 5.41) is 8.95. The summed E-state index contributed by atoms with van der Waals surface area (Å²) < 4.78 is 5.39. The maximum absolute atomic E-state index is 12.5. The highest BCUT2D eigenvalue weighted by Gasteiger charge is 2.38. The number of amides is 1. The van der Waals surface area contributed by atoms with Gasteiger partial charge in [-0.05, 0) is 37.5 Å². The fourth-order valence-corrected chi connectivity index (χ4v) is 3.64. The Hall–Kier alpha value is -1.10. The highest BCUT2D eigenvalue weighted by Crippen LogP contribution is 2.38. The van der Waals surface area contributed by atoms with Gasteiger partial charge in [0.2, 0.25) is 0 Å². The van der Waals surface area contributed by atoms with Gasteiger partial charge in [0.25, 0.3) is 5.91 Å². The summed E-state index contributed by atoms with van der Waals surface area (Å²) in [5.74, 6) is -0.973. The molecule has 21 heavy (non-hydrogen) atoms. The fraction of sp³-hybridized carbons (Fsp3) is 0.875. The molecular formula is C16H27NO4. The summed E-state index contributed by atoms with van der Waals surface area (Å²) >= 11 is 0. The number of carboxylic acid groups (broad SMARTS) is 1. The lowest BCUT2D eigenvalue weighted by Crippen LogP contribution is -2.40. The van der Waals surface area contributed by atoms with E-state index in [9.17, 15) is 9.59 Å². The van der Waals surface area contributed by atoms with Gasteiger partial charge in [0.05, 0.1) is 0 Å². The van der Waals surface area contributed by atoms with Crippen LogP contribution in [0.4, 0.5) is 0 Å². The highest BCUT2D eigenvalue weighted by atomic mass is 16.5. The Labute approximate surface area is 126 Å². The molecule has 0 aliphatic carbocycles. The average Bonchev–Trinajstić information content (AvgIpc) is 2.88. The Kier molecular flexibility index (Phi) is 5.25. The summed E-state index contributed by atoms with van der Waals surface area (Å²) in [6.07, 6.45) is 5.17. The minimum atomic E-state index is -0.961. The molecule has 2 atom stereocenters. The van der Waals surface area contributed by atoms with Crippen LogP contribution in [0, 0.1) is 5.41 Å². The molecule has 0 aromatic carbocycles. The third-order valence-corrected chi connectivity index (χ3v) is 5.43. The van der Waals surface area contributed by atoms with E-state index in [1.807, 2.05) is 4.90 Å². The number of hydrogen-bond acceptors (Lipinski definition) is 3. The molecule has 2 heterocycles. The lowest BCUT2D eigenvalue weighted by Gasteiger charge is -2.30. The quantitative estimate of drug-likeness (QED) is 0.865. The van der Waals surface area contributed by atoms with Crippen molar-refractivity contribution in [1.82, 2.24) is 4.90 Å². The first-order valence-electron chi connectivity index (χ1n) is 8.18. The number of carboxylic acids is 1. The second-order valence-electron chi connectivity index (χ2n) is 6.41. The van der Waals surface area contributed by atoms with Gasteiger partial charge < -0.3 is 14.7 Å². The van der Waals surface area contributed by atoms with Crippen LogP contribution < -0.4 is 0 Å². The molecule has 5 nitrogen and oxygen atoms in total. The predicted octanol–water partition coefficient (Wildman–Crippen LogP) is 2.44. The van der Waals surface area contributed by atoms with E-state index in [1.54, 1.807) is 0 Å². The molecule has 2 saturated heterocycles. The molecular weight excluding hydrogens is 270 g/mol. The van der Waals surface area contributed by atoms with Gasteiger partial charge in [-0.2, -0.15) is 0 Å². The van der Waals surface area contributed by atoms with Crippen LogP contribution in [-0.2, 0) is 14.3 Å². The van der Waals surface area contributed by atoms with E-state index >= 15 is 0 Å². The standard InChI is InChI=1S/C16H27NO4/c1-3-16(4-2)8-5-10-17(11-9-16)14(18)12-6-7-13(21-12)15(19)20/h12-13H,3-11H2,1-2H3,(H,19,20)/t12-,13+/m0/s1. The normalized spacial score (nSPS) is 29.1. The second-order valence-corrected chi connectivity index (χ2v) is 6.41. The zero-order valence-corrected chi connectivity index (χ0v) is 13.1. The molecule has 1 N–H and O–H groups in total. The third-order valence-electron chi connectivity index (χ3n) is 5.43. The molecule has 0 spiro atoms. The second kappa shape index (κ2) is 6.77. The Morgan fingerprint density at radius 1 is 1.14 bits per heavy atom. The average molecular weight is 297 g/mol. The van der Waals surface area contributed by atoms with Gasteiger partial charge in [-0.15, -0.1) is 0 Å². The number of ether oxygens (including phenoxy) is 1. The molecule has 2 aliphatic rings. The van der Waals surface area contributed by atoms with E-state index < -0.39 is 18.2 Å². The summed E-state index contributed by atoms with van der Waals surface area (Å²) in [6, 6.07) is 0. The molecule has 0 aromatic heterocycles. The fourth-order valence-electron chi connectivity index (χ4n) is 3.64. The van der Waals surface area contributed by atoms with Gasteiger partial charge >= 0.3 is 5.97 Å². The van der Waals surface area contributed by atoms with Gasteiger partial charge in [0.1, 0.15) is 6.10 Å². The molecule has 2 aliphatic heterocycles. The molecule has 5 heteroatoms. The van der Waals surface area contributed by atoms with Crippen molar-refractivity contribution in [2.24, 2.45) is 5.41 Å². The Bertz CT molecular complexity index is 392. The van der Waals surface area contributed by atoms with Gasteiger partial charge in [0.15, 0.2) is 6.10 Å². The topological polar surface area (TPSA) is 66.8 Å². The van der Waals surface area contributed by atoms with Crippen LogP contribution in [0.25, 0.3) is 0 Å². The van der Waals surface area contributed by atoms with Crippen LogP contribution in [-0.4, -0.2) is 47.2 Å². The van der Waals surface area contributed by atoms with Crippen LogP contribution in [0.1, 0.15) is 58.8 Å². The number of rotatable bonds is 4. The summed E-state index contributed by atoms with van der Waals surface area (Å²) in [7, 11) is 0. The number of likely N-dealkylation sites (tertiary alicyclic amines) is 1. The van der Waals surface area contributed by atoms with Crippen LogP contribution in [0.2, 0.25) is 0 Å². The first kappa shape index (κ1) is 16.3. The zero-order chi connectivity index (χ0) is 15.5. The van der Waals surface area contributed by atoms with Gasteiger partial charge in [-0.1, -0.05) is 26.7 Å². The summed E-state index contributed by atoms with van der Waals surface area (Å²) in [4.78, 5) is 25.3. The number of aliphatic carboxylic acids is 1. The predicted molar refractivity (Wildman–Crippen MR) is 79.0 cm³/mol. The Balaban J connectivity index is 1.93. The molecule has 120 valence electrons. The number of hydrogen-bond donors (Lipinski definition) is 1. The van der Waals surface area contributed by atoms with Crippen molar-refractivity contribution < 1.29 is 19.4 Å². The van der Waals surface area contributed by atoms with Crippen molar-refractivity contribution in [2.45, 2.75) is 71.0 Å².